The van der Waals surface area contributed by atoms with Crippen LogP contribution in [0.1, 0.15) is 37.7 Å². The molecular weight excluding hydrogens is 292 g/mol. The predicted octanol–water partition coefficient (Wildman–Crippen LogP) is 2.78. The molecule has 2 atom stereocenters. The number of benzene rings is 1. The Morgan fingerprint density at radius 2 is 2.14 bits per heavy atom. The van der Waals surface area contributed by atoms with Crippen molar-refractivity contribution in [3.8, 4) is 0 Å². The van der Waals surface area contributed by atoms with Crippen LogP contribution in [0.4, 0.5) is 8.78 Å². The van der Waals surface area contributed by atoms with Crippen LogP contribution in [0, 0.1) is 17.6 Å². The number of carboxylic acid groups (broad SMARTS) is 1. The maximum Gasteiger partial charge on any atom is 0.308 e. The first-order valence-corrected chi connectivity index (χ1v) is 7.34. The lowest BCUT2D eigenvalue weighted by Crippen LogP contribution is -2.42. The van der Waals surface area contributed by atoms with E-state index in [1.165, 1.54) is 17.0 Å². The fraction of sp³-hybridized carbons (Fsp3) is 0.500. The van der Waals surface area contributed by atoms with Gasteiger partial charge in [-0.15, -0.1) is 0 Å². The van der Waals surface area contributed by atoms with Crippen LogP contribution in [0.5, 0.6) is 0 Å². The Kier molecular flexibility index (Phi) is 5.11. The Morgan fingerprint density at radius 3 is 2.77 bits per heavy atom. The number of hydrogen-bond donors (Lipinski definition) is 1. The van der Waals surface area contributed by atoms with Gasteiger partial charge in [-0.25, -0.2) is 8.78 Å². The van der Waals surface area contributed by atoms with E-state index in [9.17, 15) is 18.4 Å². The third kappa shape index (κ3) is 3.81. The highest BCUT2D eigenvalue weighted by molar-refractivity contribution is 5.78. The summed E-state index contributed by atoms with van der Waals surface area (Å²) in [5, 5.41) is 9.04. The monoisotopic (exact) mass is 311 g/mol. The molecule has 0 radical (unpaired) electrons. The van der Waals surface area contributed by atoms with E-state index in [-0.39, 0.29) is 18.9 Å². The van der Waals surface area contributed by atoms with Gasteiger partial charge in [-0.1, -0.05) is 13.0 Å². The summed E-state index contributed by atoms with van der Waals surface area (Å²) in [7, 11) is 0. The van der Waals surface area contributed by atoms with Gasteiger partial charge in [0.15, 0.2) is 0 Å². The molecule has 1 unspecified atom stereocenters. The lowest BCUT2D eigenvalue weighted by atomic mass is 9.94. The molecule has 1 amide bonds. The second kappa shape index (κ2) is 6.85. The Balaban J connectivity index is 2.00. The maximum atomic E-state index is 13.7. The van der Waals surface area contributed by atoms with Gasteiger partial charge in [0.25, 0.3) is 0 Å². The summed E-state index contributed by atoms with van der Waals surface area (Å²) in [5.41, 5.74) is 0.293. The lowest BCUT2D eigenvalue weighted by Gasteiger charge is -2.31. The fourth-order valence-corrected chi connectivity index (χ4v) is 2.81. The van der Waals surface area contributed by atoms with Gasteiger partial charge in [-0.2, -0.15) is 0 Å². The van der Waals surface area contributed by atoms with Gasteiger partial charge in [-0.05, 0) is 30.4 Å². The quantitative estimate of drug-likeness (QED) is 0.930. The molecular formula is C16H19F2NO3. The van der Waals surface area contributed by atoms with Crippen LogP contribution < -0.4 is 0 Å². The first-order valence-electron chi connectivity index (χ1n) is 7.34. The van der Waals surface area contributed by atoms with Gasteiger partial charge < -0.3 is 10.0 Å². The fourth-order valence-electron chi connectivity index (χ4n) is 2.81. The normalized spacial score (nSPS) is 19.8. The molecule has 0 bridgehead atoms. The zero-order valence-corrected chi connectivity index (χ0v) is 12.4. The number of aliphatic carboxylic acids is 1. The van der Waals surface area contributed by atoms with Crippen LogP contribution in [0.3, 0.4) is 0 Å². The van der Waals surface area contributed by atoms with Crippen molar-refractivity contribution in [2.75, 3.05) is 13.1 Å². The van der Waals surface area contributed by atoms with Crippen molar-refractivity contribution in [2.24, 2.45) is 5.92 Å². The smallest absolute Gasteiger partial charge is 0.308 e. The van der Waals surface area contributed by atoms with E-state index in [1.54, 1.807) is 6.92 Å². The van der Waals surface area contributed by atoms with E-state index in [0.29, 0.717) is 24.9 Å². The first-order chi connectivity index (χ1) is 10.4. The number of likely N-dealkylation sites (tertiary alicyclic amines) is 1. The van der Waals surface area contributed by atoms with Gasteiger partial charge in [0, 0.05) is 25.6 Å². The topological polar surface area (TPSA) is 57.6 Å². The molecule has 1 saturated heterocycles. The van der Waals surface area contributed by atoms with Crippen LogP contribution in [-0.4, -0.2) is 35.0 Å². The van der Waals surface area contributed by atoms with Crippen LogP contribution in [0.2, 0.25) is 0 Å². The molecule has 4 nitrogen and oxygen atoms in total. The molecule has 0 spiro atoms. The molecule has 1 aromatic carbocycles. The number of nitrogens with zero attached hydrogens (tertiary/aromatic N) is 1. The number of carboxylic acids is 1. The number of rotatable bonds is 4. The van der Waals surface area contributed by atoms with E-state index in [1.807, 2.05) is 0 Å². The van der Waals surface area contributed by atoms with Crippen molar-refractivity contribution in [1.29, 1.82) is 0 Å². The highest BCUT2D eigenvalue weighted by Gasteiger charge is 2.29. The largest absolute Gasteiger partial charge is 0.481 e. The van der Waals surface area contributed by atoms with Gasteiger partial charge in [0.2, 0.25) is 5.91 Å². The zero-order chi connectivity index (χ0) is 16.3. The second-order valence-electron chi connectivity index (χ2n) is 5.79. The van der Waals surface area contributed by atoms with Crippen LogP contribution in [-0.2, 0) is 9.59 Å². The molecule has 2 rings (SSSR count). The van der Waals surface area contributed by atoms with E-state index >= 15 is 0 Å². The first kappa shape index (κ1) is 16.4. The van der Waals surface area contributed by atoms with Crippen LogP contribution in [0.25, 0.3) is 0 Å². The molecule has 1 aromatic rings. The Labute approximate surface area is 127 Å². The summed E-state index contributed by atoms with van der Waals surface area (Å²) in [6.07, 6.45) is 1.30. The van der Waals surface area contributed by atoms with Crippen molar-refractivity contribution in [1.82, 2.24) is 4.90 Å². The van der Waals surface area contributed by atoms with Crippen molar-refractivity contribution < 1.29 is 23.5 Å². The molecule has 1 aliphatic heterocycles. The molecule has 6 heteroatoms. The van der Waals surface area contributed by atoms with Gasteiger partial charge in [0.1, 0.15) is 11.6 Å². The van der Waals surface area contributed by atoms with Crippen molar-refractivity contribution >= 4 is 11.9 Å². The van der Waals surface area contributed by atoms with Gasteiger partial charge in [-0.3, -0.25) is 9.59 Å². The van der Waals surface area contributed by atoms with Crippen LogP contribution >= 0.6 is 0 Å². The Morgan fingerprint density at radius 1 is 1.41 bits per heavy atom. The van der Waals surface area contributed by atoms with Crippen molar-refractivity contribution in [2.45, 2.75) is 32.1 Å². The van der Waals surface area contributed by atoms with Crippen LogP contribution in [0.15, 0.2) is 18.2 Å². The zero-order valence-electron chi connectivity index (χ0n) is 12.4. The average molecular weight is 311 g/mol. The minimum Gasteiger partial charge on any atom is -0.481 e. The number of carbonyl (C=O) groups is 2. The third-order valence-corrected chi connectivity index (χ3v) is 4.10. The Hall–Kier alpha value is -1.98. The standard InChI is InChI=1S/C16H19F2NO3/c1-10(13-5-4-12(17)8-14(13)18)7-15(20)19-6-2-3-11(9-19)16(21)22/h4-5,8,10-11H,2-3,6-7,9H2,1H3,(H,21,22)/t10?,11-/m0/s1. The molecule has 1 aliphatic rings. The second-order valence-corrected chi connectivity index (χ2v) is 5.79. The van der Waals surface area contributed by atoms with E-state index < -0.39 is 29.4 Å². The molecule has 22 heavy (non-hydrogen) atoms. The highest BCUT2D eigenvalue weighted by atomic mass is 19.1. The summed E-state index contributed by atoms with van der Waals surface area (Å²) in [4.78, 5) is 24.8. The van der Waals surface area contributed by atoms with Crippen molar-refractivity contribution in [3.63, 3.8) is 0 Å². The summed E-state index contributed by atoms with van der Waals surface area (Å²) < 4.78 is 26.6. The van der Waals surface area contributed by atoms with Crippen molar-refractivity contribution in [3.05, 3.63) is 35.4 Å². The minimum absolute atomic E-state index is 0.0783. The van der Waals surface area contributed by atoms with E-state index in [2.05, 4.69) is 0 Å². The van der Waals surface area contributed by atoms with Gasteiger partial charge in [0.05, 0.1) is 5.92 Å². The lowest BCUT2D eigenvalue weighted by molar-refractivity contribution is -0.145. The summed E-state index contributed by atoms with van der Waals surface area (Å²) >= 11 is 0. The van der Waals surface area contributed by atoms with E-state index in [0.717, 1.165) is 6.07 Å². The van der Waals surface area contributed by atoms with Gasteiger partial charge >= 0.3 is 5.97 Å². The number of piperidine rings is 1. The minimum atomic E-state index is -0.893. The molecule has 0 aliphatic carbocycles. The average Bonchev–Trinajstić information content (AvgIpc) is 2.47. The molecule has 0 aromatic heterocycles. The molecule has 1 heterocycles. The van der Waals surface area contributed by atoms with E-state index in [4.69, 9.17) is 5.11 Å². The maximum absolute atomic E-state index is 13.7. The summed E-state index contributed by atoms with van der Waals surface area (Å²) in [6.45, 7) is 2.43. The third-order valence-electron chi connectivity index (χ3n) is 4.10. The molecule has 1 N–H and O–H groups in total. The Bertz CT molecular complexity index is 577. The number of halogens is 2. The predicted molar refractivity (Wildman–Crippen MR) is 76.3 cm³/mol. The number of amides is 1. The molecule has 0 saturated carbocycles. The molecule has 1 fully saturated rings. The highest BCUT2D eigenvalue weighted by Crippen LogP contribution is 2.25. The number of hydrogen-bond acceptors (Lipinski definition) is 2. The summed E-state index contributed by atoms with van der Waals surface area (Å²) in [5.74, 6) is -3.33. The SMILES string of the molecule is CC(CC(=O)N1CCC[C@H](C(=O)O)C1)c1ccc(F)cc1F. The summed E-state index contributed by atoms with van der Waals surface area (Å²) in [6, 6.07) is 3.32. The molecule has 120 valence electrons. The number of carbonyl (C=O) groups excluding carboxylic acids is 1.